The van der Waals surface area contributed by atoms with Crippen molar-refractivity contribution in [2.75, 3.05) is 0 Å². The lowest BCUT2D eigenvalue weighted by Gasteiger charge is -2.21. The van der Waals surface area contributed by atoms with Crippen LogP contribution in [0.3, 0.4) is 0 Å². The molecule has 0 saturated carbocycles. The number of nitrogens with zero attached hydrogens (tertiary/aromatic N) is 7. The molecule has 0 radical (unpaired) electrons. The van der Waals surface area contributed by atoms with Gasteiger partial charge in [0.2, 0.25) is 0 Å². The average Bonchev–Trinajstić information content (AvgIpc) is 1.73. The first-order chi connectivity index (χ1) is 41.8. The van der Waals surface area contributed by atoms with Crippen LogP contribution >= 0.6 is 0 Å². The van der Waals surface area contributed by atoms with E-state index < -0.39 is 0 Å². The highest BCUT2D eigenvalue weighted by Crippen LogP contribution is 2.30. The number of benzene rings is 1. The normalized spacial score (nSPS) is 10.6. The summed E-state index contributed by atoms with van der Waals surface area (Å²) in [5.74, 6) is 0. The lowest BCUT2D eigenvalue weighted by Crippen LogP contribution is -2.14. The van der Waals surface area contributed by atoms with Crippen LogP contribution in [0.5, 0.6) is 0 Å². The molecule has 6 heterocycles. The number of aryl methyl sites for hydroxylation is 8. The number of pyridine rings is 5. The molecule has 0 unspecified atom stereocenters. The molecule has 0 bridgehead atoms. The number of hydrogen-bond donors (Lipinski definition) is 0. The van der Waals surface area contributed by atoms with Crippen molar-refractivity contribution in [3.05, 3.63) is 200 Å². The molecule has 0 aliphatic carbocycles. The molecule has 0 atom stereocenters. The fourth-order valence-electron chi connectivity index (χ4n) is 9.84. The fourth-order valence-corrected chi connectivity index (χ4v) is 9.84. The number of rotatable bonds is 0. The summed E-state index contributed by atoms with van der Waals surface area (Å²) in [5, 5.41) is 4.39. The van der Waals surface area contributed by atoms with E-state index in [0.717, 1.165) is 17.1 Å². The van der Waals surface area contributed by atoms with Crippen LogP contribution in [0.2, 0.25) is 0 Å². The predicted molar refractivity (Wildman–Crippen MR) is 412 cm³/mol. The Hall–Kier alpha value is -5.82. The van der Waals surface area contributed by atoms with E-state index in [2.05, 4.69) is 292 Å². The summed E-state index contributed by atoms with van der Waals surface area (Å²) in [4.78, 5) is 21.0. The molecule has 0 N–H and O–H groups in total. The van der Waals surface area contributed by atoms with Crippen LogP contribution in [-0.4, -0.2) is 34.7 Å². The molecule has 0 amide bonds. The highest BCUT2D eigenvalue weighted by Gasteiger charge is 2.23. The van der Waals surface area contributed by atoms with Crippen molar-refractivity contribution in [3.8, 4) is 0 Å². The van der Waals surface area contributed by atoms with Crippen LogP contribution in [0.1, 0.15) is 318 Å². The molecule has 1 aromatic carbocycles. The van der Waals surface area contributed by atoms with Gasteiger partial charge in [-0.25, -0.2) is 0 Å². The second kappa shape index (κ2) is 47.1. The van der Waals surface area contributed by atoms with Gasteiger partial charge in [0.1, 0.15) is 0 Å². The van der Waals surface area contributed by atoms with Gasteiger partial charge in [0.15, 0.2) is 0 Å². The SMILES string of the molecule is CC.CC.CC.CC.CC.CC.Cc1ccccc1C(C)(C)C.Cc1cccnc1C(C)(C)C.Cc1ccncc1C(C)(C)C.Cc1cnccc1C(C)(C)C.Cc1nccc(C(C)(C)C)c1C.Cc1ncccc1C(C)(C)C.Cc1nn(C)c(C)c1C(C)(C)C. The number of hydrogen-bond acceptors (Lipinski definition) is 6. The second-order valence-electron chi connectivity index (χ2n) is 28.5. The third-order valence-corrected chi connectivity index (χ3v) is 13.7. The van der Waals surface area contributed by atoms with E-state index in [-0.39, 0.29) is 37.9 Å². The fraction of sp³-hybridized carbons (Fsp3) is 0.595. The summed E-state index contributed by atoms with van der Waals surface area (Å²) in [5.41, 5.74) is 22.4. The molecule has 0 aliphatic heterocycles. The van der Waals surface area contributed by atoms with E-state index in [4.69, 9.17) is 0 Å². The van der Waals surface area contributed by atoms with Crippen LogP contribution in [0.25, 0.3) is 0 Å². The summed E-state index contributed by atoms with van der Waals surface area (Å²) in [6.07, 6.45) is 13.1. The van der Waals surface area contributed by atoms with E-state index in [1.165, 1.54) is 72.6 Å². The van der Waals surface area contributed by atoms with Crippen molar-refractivity contribution >= 4 is 0 Å². The first-order valence-electron chi connectivity index (χ1n) is 34.5. The molecule has 7 rings (SSSR count). The molecule has 7 heteroatoms. The first-order valence-corrected chi connectivity index (χ1v) is 34.5. The van der Waals surface area contributed by atoms with Crippen molar-refractivity contribution in [1.29, 1.82) is 0 Å². The van der Waals surface area contributed by atoms with Crippen LogP contribution in [0.15, 0.2) is 110 Å². The van der Waals surface area contributed by atoms with Gasteiger partial charge in [-0.15, -0.1) is 0 Å². The van der Waals surface area contributed by atoms with E-state index in [0.29, 0.717) is 0 Å². The summed E-state index contributed by atoms with van der Waals surface area (Å²) in [6, 6.07) is 23.0. The summed E-state index contributed by atoms with van der Waals surface area (Å²) in [7, 11) is 2.00. The Morgan fingerprint density at radius 2 is 0.648 bits per heavy atom. The van der Waals surface area contributed by atoms with E-state index in [1.54, 1.807) is 0 Å². The Kier molecular flexibility index (Phi) is 49.9. The summed E-state index contributed by atoms with van der Waals surface area (Å²) >= 11 is 0. The molecule has 0 fully saturated rings. The minimum Gasteiger partial charge on any atom is -0.272 e. The Morgan fingerprint density at radius 1 is 0.286 bits per heavy atom. The maximum absolute atomic E-state index is 4.39. The zero-order chi connectivity index (χ0) is 73.3. The van der Waals surface area contributed by atoms with E-state index in [9.17, 15) is 0 Å². The largest absolute Gasteiger partial charge is 0.272 e. The zero-order valence-corrected chi connectivity index (χ0v) is 68.0. The van der Waals surface area contributed by atoms with Gasteiger partial charge >= 0.3 is 0 Å². The second-order valence-corrected chi connectivity index (χ2v) is 28.5. The van der Waals surface area contributed by atoms with Crippen LogP contribution in [-0.2, 0) is 45.0 Å². The van der Waals surface area contributed by atoms with Gasteiger partial charge in [0.05, 0.1) is 5.69 Å². The molecule has 7 nitrogen and oxygen atoms in total. The Labute approximate surface area is 567 Å². The lowest BCUT2D eigenvalue weighted by atomic mass is 9.84. The van der Waals surface area contributed by atoms with Crippen molar-refractivity contribution < 1.29 is 0 Å². The van der Waals surface area contributed by atoms with Crippen molar-refractivity contribution in [1.82, 2.24) is 34.7 Å². The van der Waals surface area contributed by atoms with Gasteiger partial charge < -0.3 is 0 Å². The highest BCUT2D eigenvalue weighted by molar-refractivity contribution is 5.35. The zero-order valence-electron chi connectivity index (χ0n) is 68.0. The van der Waals surface area contributed by atoms with E-state index >= 15 is 0 Å². The summed E-state index contributed by atoms with van der Waals surface area (Å²) < 4.78 is 1.95. The molecule has 7 aromatic rings. The molecule has 0 spiro atoms. The van der Waals surface area contributed by atoms with Gasteiger partial charge in [-0.2, -0.15) is 5.10 Å². The Morgan fingerprint density at radius 3 is 0.945 bits per heavy atom. The molecule has 518 valence electrons. The van der Waals surface area contributed by atoms with Crippen molar-refractivity contribution in [2.45, 2.75) is 329 Å². The van der Waals surface area contributed by atoms with Crippen LogP contribution < -0.4 is 0 Å². The van der Waals surface area contributed by atoms with Gasteiger partial charge in [0.25, 0.3) is 0 Å². The molecular formula is C84H147N7. The standard InChI is InChI=1S/C11H17N.C11H16.C10H18N2.4C10H15N.6C2H6/c1-8-9(2)12-7-6-10(8)11(3,4)5;1-9-7-5-6-8-10(9)11(2,3)4;1-7-9(10(3,4)5)8(2)12(6)11-7;1-8-7-11-6-5-9(8)10(2,3)4;1-8-5-6-11-7-9(8)10(2,3)4;1-8-9(10(2,3)4)6-5-7-11-8;1-8-6-5-7-11-9(8)10(2,3)4;6*1-2/h6-7H,1-5H3;5-8H,1-4H3;1-6H3;4*5-7H,1-4H3;6*1-2H3. The smallest absolute Gasteiger partial charge is 0.0633 e. The number of aromatic nitrogens is 7. The Balaban J connectivity index is -0.000000225. The topological polar surface area (TPSA) is 82.3 Å². The first kappa shape index (κ1) is 96.3. The Bertz CT molecular complexity index is 2600. The maximum atomic E-state index is 4.39. The third-order valence-electron chi connectivity index (χ3n) is 13.7. The molecule has 0 aliphatic rings. The quantitative estimate of drug-likeness (QED) is 0.150. The average molecular weight is 1260 g/mol. The van der Waals surface area contributed by atoms with E-state index in [1.807, 2.05) is 150 Å². The third kappa shape index (κ3) is 38.7. The predicted octanol–water partition coefficient (Wildman–Crippen LogP) is 25.5. The van der Waals surface area contributed by atoms with Crippen molar-refractivity contribution in [3.63, 3.8) is 0 Å². The maximum Gasteiger partial charge on any atom is 0.0633 e. The molecule has 0 saturated heterocycles. The minimum absolute atomic E-state index is 0.172. The van der Waals surface area contributed by atoms with Crippen LogP contribution in [0, 0.1) is 62.3 Å². The molecule has 6 aromatic heterocycles. The van der Waals surface area contributed by atoms with Crippen LogP contribution in [0.4, 0.5) is 0 Å². The minimum atomic E-state index is 0.172. The van der Waals surface area contributed by atoms with Gasteiger partial charge in [-0.1, -0.05) is 265 Å². The molecular weight excluding hydrogens is 1110 g/mol. The molecule has 91 heavy (non-hydrogen) atoms. The lowest BCUT2D eigenvalue weighted by molar-refractivity contribution is 0.564. The highest BCUT2D eigenvalue weighted by atomic mass is 15.3. The van der Waals surface area contributed by atoms with Gasteiger partial charge in [0, 0.05) is 84.2 Å². The summed E-state index contributed by atoms with van der Waals surface area (Å²) in [6.45, 7) is 89.5. The van der Waals surface area contributed by atoms with Crippen molar-refractivity contribution in [2.24, 2.45) is 7.05 Å². The van der Waals surface area contributed by atoms with Gasteiger partial charge in [-0.3, -0.25) is 29.6 Å². The monoisotopic (exact) mass is 1250 g/mol. The van der Waals surface area contributed by atoms with Gasteiger partial charge in [-0.05, 0) is 181 Å².